The average molecular weight is 479 g/mol. The van der Waals surface area contributed by atoms with E-state index < -0.39 is 0 Å². The van der Waals surface area contributed by atoms with Crippen molar-refractivity contribution in [2.45, 2.75) is 25.5 Å². The number of nitrogen functional groups attached to an aromatic ring is 1. The van der Waals surface area contributed by atoms with Gasteiger partial charge >= 0.3 is 0 Å². The summed E-state index contributed by atoms with van der Waals surface area (Å²) in [6.45, 7) is 2.76. The lowest BCUT2D eigenvalue weighted by Gasteiger charge is -2.32. The second-order valence-corrected chi connectivity index (χ2v) is 8.87. The van der Waals surface area contributed by atoms with Crippen LogP contribution >= 0.6 is 0 Å². The fraction of sp³-hybridized carbons (Fsp3) is 0.222. The number of anilines is 1. The molecule has 180 valence electrons. The molecule has 2 N–H and O–H groups in total. The number of likely N-dealkylation sites (tertiary alicyclic amines) is 1. The van der Waals surface area contributed by atoms with Crippen LogP contribution in [0.4, 0.5) is 5.95 Å². The Bertz CT molecular complexity index is 1440. The maximum atomic E-state index is 6.32. The van der Waals surface area contributed by atoms with Gasteiger partial charge < -0.3 is 10.5 Å². The number of aromatic nitrogens is 6. The molecule has 36 heavy (non-hydrogen) atoms. The minimum atomic E-state index is 0.189. The molecular weight excluding hydrogens is 452 g/mol. The van der Waals surface area contributed by atoms with Crippen LogP contribution in [0.5, 0.6) is 5.75 Å². The van der Waals surface area contributed by atoms with E-state index in [2.05, 4.69) is 24.8 Å². The molecule has 9 nitrogen and oxygen atoms in total. The number of fused-ring (bicyclic) bond motifs is 1. The van der Waals surface area contributed by atoms with Crippen molar-refractivity contribution in [2.75, 3.05) is 18.8 Å². The third-order valence-corrected chi connectivity index (χ3v) is 6.37. The predicted molar refractivity (Wildman–Crippen MR) is 137 cm³/mol. The SMILES string of the molecule is Nc1ncc(CN2CCC(Oc3ccc(-n4c(-c5ccccn5)nc5cccnc54)cc3)CC2)cn1. The number of hydrogen-bond donors (Lipinski definition) is 1. The van der Waals surface area contributed by atoms with E-state index in [9.17, 15) is 0 Å². The van der Waals surface area contributed by atoms with Crippen LogP contribution in [-0.4, -0.2) is 53.6 Å². The number of pyridine rings is 2. The standard InChI is InChI=1S/C27H26N8O/c28-27-31-16-19(17-32-27)18-34-14-10-22(11-15-34)36-21-8-6-20(7-9-21)35-25-24(5-3-13-30-25)33-26(35)23-4-1-2-12-29-23/h1-9,12-13,16-17,22H,10-11,14-15,18H2,(H2,28,31,32). The number of nitrogens with two attached hydrogens (primary N) is 1. The molecule has 0 unspecified atom stereocenters. The monoisotopic (exact) mass is 478 g/mol. The Labute approximate surface area is 208 Å². The van der Waals surface area contributed by atoms with Gasteiger partial charge in [0.2, 0.25) is 5.95 Å². The Morgan fingerprint density at radius 1 is 0.861 bits per heavy atom. The minimum absolute atomic E-state index is 0.189. The second-order valence-electron chi connectivity index (χ2n) is 8.87. The van der Waals surface area contributed by atoms with Gasteiger partial charge in [-0.25, -0.2) is 19.9 Å². The van der Waals surface area contributed by atoms with Crippen molar-refractivity contribution < 1.29 is 4.74 Å². The lowest BCUT2D eigenvalue weighted by Crippen LogP contribution is -2.37. The van der Waals surface area contributed by atoms with Gasteiger partial charge in [0.25, 0.3) is 0 Å². The van der Waals surface area contributed by atoms with Gasteiger partial charge in [0.15, 0.2) is 11.5 Å². The maximum absolute atomic E-state index is 6.32. The quantitative estimate of drug-likeness (QED) is 0.392. The van der Waals surface area contributed by atoms with Crippen molar-refractivity contribution in [3.8, 4) is 23.0 Å². The van der Waals surface area contributed by atoms with Gasteiger partial charge in [0.05, 0.1) is 0 Å². The van der Waals surface area contributed by atoms with Gasteiger partial charge in [0.1, 0.15) is 23.1 Å². The molecule has 9 heteroatoms. The van der Waals surface area contributed by atoms with Crippen LogP contribution in [0.1, 0.15) is 18.4 Å². The molecule has 0 spiro atoms. The Kier molecular flexibility index (Phi) is 5.96. The zero-order chi connectivity index (χ0) is 24.3. The van der Waals surface area contributed by atoms with Gasteiger partial charge in [-0.3, -0.25) is 14.5 Å². The number of imidazole rings is 1. The largest absolute Gasteiger partial charge is 0.490 e. The summed E-state index contributed by atoms with van der Waals surface area (Å²) < 4.78 is 8.37. The molecular formula is C27H26N8O. The number of piperidine rings is 1. The molecule has 0 amide bonds. The normalized spacial score (nSPS) is 14.8. The molecule has 0 radical (unpaired) electrons. The van der Waals surface area contributed by atoms with Gasteiger partial charge in [-0.05, 0) is 61.4 Å². The van der Waals surface area contributed by atoms with E-state index in [0.29, 0.717) is 5.95 Å². The van der Waals surface area contributed by atoms with Crippen molar-refractivity contribution in [3.05, 3.63) is 84.9 Å². The molecule has 0 atom stereocenters. The summed E-state index contributed by atoms with van der Waals surface area (Å²) in [7, 11) is 0. The molecule has 5 heterocycles. The highest BCUT2D eigenvalue weighted by Crippen LogP contribution is 2.28. The molecule has 1 saturated heterocycles. The van der Waals surface area contributed by atoms with Gasteiger partial charge in [-0.15, -0.1) is 0 Å². The lowest BCUT2D eigenvalue weighted by molar-refractivity contribution is 0.0967. The zero-order valence-corrected chi connectivity index (χ0v) is 19.7. The van der Waals surface area contributed by atoms with Crippen molar-refractivity contribution in [1.82, 2.24) is 34.4 Å². The first kappa shape index (κ1) is 22.1. The summed E-state index contributed by atoms with van der Waals surface area (Å²) in [4.78, 5) is 24.5. The molecule has 1 aromatic carbocycles. The molecule has 6 rings (SSSR count). The van der Waals surface area contributed by atoms with Crippen LogP contribution in [0.3, 0.4) is 0 Å². The molecule has 5 aromatic rings. The highest BCUT2D eigenvalue weighted by Gasteiger charge is 2.21. The van der Waals surface area contributed by atoms with Gasteiger partial charge in [-0.2, -0.15) is 0 Å². The van der Waals surface area contributed by atoms with Crippen LogP contribution in [0.2, 0.25) is 0 Å². The molecule has 0 aliphatic carbocycles. The summed E-state index contributed by atoms with van der Waals surface area (Å²) >= 11 is 0. The first-order valence-corrected chi connectivity index (χ1v) is 12.0. The number of ether oxygens (including phenoxy) is 1. The van der Waals surface area contributed by atoms with Crippen LogP contribution in [0, 0.1) is 0 Å². The summed E-state index contributed by atoms with van der Waals surface area (Å²) in [5.74, 6) is 1.93. The third-order valence-electron chi connectivity index (χ3n) is 6.37. The van der Waals surface area contributed by atoms with Crippen molar-refractivity contribution in [2.24, 2.45) is 0 Å². The summed E-state index contributed by atoms with van der Waals surface area (Å²) in [5, 5.41) is 0. The van der Waals surface area contributed by atoms with Gasteiger partial charge in [0, 0.05) is 55.7 Å². The third kappa shape index (κ3) is 4.60. The van der Waals surface area contributed by atoms with Crippen LogP contribution < -0.4 is 10.5 Å². The Hall–Kier alpha value is -4.37. The average Bonchev–Trinajstić information content (AvgIpc) is 3.32. The predicted octanol–water partition coefficient (Wildman–Crippen LogP) is 3.90. The molecule has 0 bridgehead atoms. The Balaban J connectivity index is 1.15. The highest BCUT2D eigenvalue weighted by molar-refractivity contribution is 5.79. The maximum Gasteiger partial charge on any atom is 0.219 e. The lowest BCUT2D eigenvalue weighted by atomic mass is 10.1. The van der Waals surface area contributed by atoms with E-state index in [-0.39, 0.29) is 6.10 Å². The number of nitrogens with zero attached hydrogens (tertiary/aromatic N) is 7. The fourth-order valence-corrected chi connectivity index (χ4v) is 4.58. The minimum Gasteiger partial charge on any atom is -0.490 e. The van der Waals surface area contributed by atoms with E-state index in [1.54, 1.807) is 24.8 Å². The smallest absolute Gasteiger partial charge is 0.219 e. The molecule has 4 aromatic heterocycles. The van der Waals surface area contributed by atoms with Gasteiger partial charge in [-0.1, -0.05) is 6.07 Å². The topological polar surface area (TPSA) is 108 Å². The van der Waals surface area contributed by atoms with Crippen LogP contribution in [0.25, 0.3) is 28.4 Å². The van der Waals surface area contributed by atoms with Crippen LogP contribution in [0.15, 0.2) is 79.4 Å². The zero-order valence-electron chi connectivity index (χ0n) is 19.7. The number of hydrogen-bond acceptors (Lipinski definition) is 8. The van der Waals surface area contributed by atoms with E-state index >= 15 is 0 Å². The molecule has 1 fully saturated rings. The summed E-state index contributed by atoms with van der Waals surface area (Å²) in [5.41, 5.74) is 10.0. The highest BCUT2D eigenvalue weighted by atomic mass is 16.5. The van der Waals surface area contributed by atoms with E-state index in [1.807, 2.05) is 59.2 Å². The fourth-order valence-electron chi connectivity index (χ4n) is 4.58. The molecule has 1 aliphatic rings. The van der Waals surface area contributed by atoms with Crippen LogP contribution in [-0.2, 0) is 6.54 Å². The van der Waals surface area contributed by atoms with Crippen molar-refractivity contribution in [3.63, 3.8) is 0 Å². The van der Waals surface area contributed by atoms with E-state index in [1.165, 1.54) is 0 Å². The summed E-state index contributed by atoms with van der Waals surface area (Å²) in [6, 6.07) is 17.8. The van der Waals surface area contributed by atoms with E-state index in [0.717, 1.165) is 72.2 Å². The Morgan fingerprint density at radius 3 is 2.39 bits per heavy atom. The molecule has 0 saturated carbocycles. The molecule has 1 aliphatic heterocycles. The van der Waals surface area contributed by atoms with Crippen molar-refractivity contribution >= 4 is 17.1 Å². The Morgan fingerprint density at radius 2 is 1.64 bits per heavy atom. The second kappa shape index (κ2) is 9.71. The van der Waals surface area contributed by atoms with Crippen molar-refractivity contribution in [1.29, 1.82) is 0 Å². The first-order valence-electron chi connectivity index (χ1n) is 12.0. The van der Waals surface area contributed by atoms with E-state index in [4.69, 9.17) is 15.5 Å². The number of rotatable bonds is 6. The first-order chi connectivity index (χ1) is 17.7. The summed E-state index contributed by atoms with van der Waals surface area (Å²) in [6.07, 6.45) is 9.28. The number of benzene rings is 1.